The minimum absolute atomic E-state index is 0.139. The first-order chi connectivity index (χ1) is 17.7. The van der Waals surface area contributed by atoms with Gasteiger partial charge in [-0.25, -0.2) is 4.98 Å². The van der Waals surface area contributed by atoms with Gasteiger partial charge in [-0.1, -0.05) is 24.3 Å². The SMILES string of the molecule is COc1ccc2[nH]c(C)c(CC(=O)Nc3cccc(Nc4cc(C(F)(F)F)nc5ccccc45)c3)c2c1. The van der Waals surface area contributed by atoms with Gasteiger partial charge in [0.2, 0.25) is 5.91 Å². The molecule has 0 fully saturated rings. The second-order valence-electron chi connectivity index (χ2n) is 8.64. The summed E-state index contributed by atoms with van der Waals surface area (Å²) in [6.07, 6.45) is -4.44. The van der Waals surface area contributed by atoms with E-state index in [9.17, 15) is 18.0 Å². The number of halogens is 3. The number of anilines is 3. The van der Waals surface area contributed by atoms with Crippen molar-refractivity contribution in [1.29, 1.82) is 0 Å². The van der Waals surface area contributed by atoms with Crippen LogP contribution >= 0.6 is 0 Å². The Morgan fingerprint density at radius 1 is 0.973 bits per heavy atom. The smallest absolute Gasteiger partial charge is 0.433 e. The molecule has 0 unspecified atom stereocenters. The van der Waals surface area contributed by atoms with Crippen molar-refractivity contribution in [2.45, 2.75) is 19.5 Å². The Morgan fingerprint density at radius 2 is 1.76 bits per heavy atom. The van der Waals surface area contributed by atoms with Crippen molar-refractivity contribution in [1.82, 2.24) is 9.97 Å². The van der Waals surface area contributed by atoms with E-state index in [2.05, 4.69) is 20.6 Å². The first-order valence-electron chi connectivity index (χ1n) is 11.5. The summed E-state index contributed by atoms with van der Waals surface area (Å²) in [4.78, 5) is 20.0. The number of rotatable bonds is 6. The number of aromatic nitrogens is 2. The van der Waals surface area contributed by atoms with Gasteiger partial charge < -0.3 is 20.4 Å². The molecule has 0 aliphatic heterocycles. The highest BCUT2D eigenvalue weighted by Crippen LogP contribution is 2.34. The van der Waals surface area contributed by atoms with Crippen LogP contribution in [0.3, 0.4) is 0 Å². The van der Waals surface area contributed by atoms with Crippen molar-refractivity contribution >= 4 is 44.8 Å². The number of aromatic amines is 1. The average Bonchev–Trinajstić information content (AvgIpc) is 3.17. The van der Waals surface area contributed by atoms with Crippen LogP contribution in [-0.4, -0.2) is 23.0 Å². The first kappa shape index (κ1) is 24.2. The van der Waals surface area contributed by atoms with Crippen LogP contribution in [0.5, 0.6) is 5.75 Å². The number of hydrogen-bond donors (Lipinski definition) is 3. The Morgan fingerprint density at radius 3 is 2.54 bits per heavy atom. The maximum Gasteiger partial charge on any atom is 0.433 e. The van der Waals surface area contributed by atoms with E-state index in [0.29, 0.717) is 22.5 Å². The first-order valence-corrected chi connectivity index (χ1v) is 11.5. The summed E-state index contributed by atoms with van der Waals surface area (Å²) in [5, 5.41) is 7.40. The molecule has 0 radical (unpaired) electrons. The van der Waals surface area contributed by atoms with E-state index in [0.717, 1.165) is 28.2 Å². The van der Waals surface area contributed by atoms with Crippen LogP contribution in [0.25, 0.3) is 21.8 Å². The van der Waals surface area contributed by atoms with Gasteiger partial charge in [-0.2, -0.15) is 13.2 Å². The number of ether oxygens (including phenoxy) is 1. The molecule has 5 rings (SSSR count). The number of nitrogens with zero attached hydrogens (tertiary/aromatic N) is 1. The summed E-state index contributed by atoms with van der Waals surface area (Å²) < 4.78 is 45.6. The molecule has 0 saturated heterocycles. The fourth-order valence-corrected chi connectivity index (χ4v) is 4.34. The second-order valence-corrected chi connectivity index (χ2v) is 8.64. The molecule has 9 heteroatoms. The number of fused-ring (bicyclic) bond motifs is 2. The van der Waals surface area contributed by atoms with Gasteiger partial charge in [0.1, 0.15) is 11.4 Å². The number of nitrogens with one attached hydrogen (secondary N) is 3. The lowest BCUT2D eigenvalue weighted by Crippen LogP contribution is -2.15. The molecule has 1 amide bonds. The number of methoxy groups -OCH3 is 1. The van der Waals surface area contributed by atoms with Crippen LogP contribution < -0.4 is 15.4 Å². The molecule has 0 spiro atoms. The highest BCUT2D eigenvalue weighted by molar-refractivity contribution is 5.97. The van der Waals surface area contributed by atoms with Crippen LogP contribution in [0.2, 0.25) is 0 Å². The predicted octanol–water partition coefficient (Wildman–Crippen LogP) is 6.98. The van der Waals surface area contributed by atoms with Crippen LogP contribution in [0.4, 0.5) is 30.2 Å². The van der Waals surface area contributed by atoms with E-state index in [4.69, 9.17) is 4.74 Å². The molecule has 3 N–H and O–H groups in total. The van der Waals surface area contributed by atoms with Gasteiger partial charge in [0, 0.05) is 33.4 Å². The van der Waals surface area contributed by atoms with Crippen molar-refractivity contribution in [3.05, 3.63) is 89.7 Å². The highest BCUT2D eigenvalue weighted by atomic mass is 19.4. The van der Waals surface area contributed by atoms with Gasteiger partial charge in [-0.3, -0.25) is 4.79 Å². The van der Waals surface area contributed by atoms with Gasteiger partial charge in [-0.05, 0) is 61.0 Å². The fraction of sp³-hybridized carbons (Fsp3) is 0.143. The van der Waals surface area contributed by atoms with Crippen molar-refractivity contribution in [3.63, 3.8) is 0 Å². The topological polar surface area (TPSA) is 79.0 Å². The summed E-state index contributed by atoms with van der Waals surface area (Å²) in [5.41, 5.74) is 3.22. The number of aryl methyl sites for hydroxylation is 1. The van der Waals surface area contributed by atoms with E-state index in [1.807, 2.05) is 25.1 Å². The number of alkyl halides is 3. The fourth-order valence-electron chi connectivity index (χ4n) is 4.34. The average molecular weight is 505 g/mol. The number of benzene rings is 3. The van der Waals surface area contributed by atoms with E-state index < -0.39 is 11.9 Å². The number of pyridine rings is 1. The Balaban J connectivity index is 1.38. The van der Waals surface area contributed by atoms with Gasteiger partial charge >= 0.3 is 6.18 Å². The van der Waals surface area contributed by atoms with E-state index in [-0.39, 0.29) is 23.5 Å². The molecular weight excluding hydrogens is 481 g/mol. The number of hydrogen-bond acceptors (Lipinski definition) is 4. The lowest BCUT2D eigenvalue weighted by atomic mass is 10.1. The molecule has 0 bridgehead atoms. The zero-order chi connectivity index (χ0) is 26.2. The molecule has 0 atom stereocenters. The Hall–Kier alpha value is -4.53. The van der Waals surface area contributed by atoms with Gasteiger partial charge in [0.05, 0.1) is 24.7 Å². The minimum atomic E-state index is -4.58. The van der Waals surface area contributed by atoms with E-state index in [1.165, 1.54) is 6.07 Å². The predicted molar refractivity (Wildman–Crippen MR) is 138 cm³/mol. The monoisotopic (exact) mass is 504 g/mol. The third-order valence-corrected chi connectivity index (χ3v) is 6.10. The Labute approximate surface area is 210 Å². The number of amides is 1. The summed E-state index contributed by atoms with van der Waals surface area (Å²) in [7, 11) is 1.59. The van der Waals surface area contributed by atoms with Crippen molar-refractivity contribution < 1.29 is 22.7 Å². The lowest BCUT2D eigenvalue weighted by Gasteiger charge is -2.14. The van der Waals surface area contributed by atoms with E-state index >= 15 is 0 Å². The molecule has 3 aromatic carbocycles. The third-order valence-electron chi connectivity index (χ3n) is 6.10. The summed E-state index contributed by atoms with van der Waals surface area (Å²) in [6, 6.07) is 20.1. The zero-order valence-corrected chi connectivity index (χ0v) is 20.0. The summed E-state index contributed by atoms with van der Waals surface area (Å²) in [6.45, 7) is 1.91. The van der Waals surface area contributed by atoms with Crippen LogP contribution in [0.15, 0.2) is 72.8 Å². The maximum atomic E-state index is 13.4. The quantitative estimate of drug-likeness (QED) is 0.233. The zero-order valence-electron chi connectivity index (χ0n) is 20.0. The van der Waals surface area contributed by atoms with Crippen molar-refractivity contribution in [3.8, 4) is 5.75 Å². The normalized spacial score (nSPS) is 11.6. The molecule has 0 aliphatic rings. The minimum Gasteiger partial charge on any atom is -0.497 e. The van der Waals surface area contributed by atoms with Gasteiger partial charge in [0.15, 0.2) is 0 Å². The molecule has 2 aromatic heterocycles. The van der Waals surface area contributed by atoms with Crippen molar-refractivity contribution in [2.24, 2.45) is 0 Å². The van der Waals surface area contributed by atoms with Crippen molar-refractivity contribution in [2.75, 3.05) is 17.7 Å². The Bertz CT molecular complexity index is 1630. The second kappa shape index (κ2) is 9.50. The van der Waals surface area contributed by atoms with Gasteiger partial charge in [0.25, 0.3) is 0 Å². The highest BCUT2D eigenvalue weighted by Gasteiger charge is 2.33. The summed E-state index contributed by atoms with van der Waals surface area (Å²) >= 11 is 0. The van der Waals surface area contributed by atoms with E-state index in [1.54, 1.807) is 49.6 Å². The number of carbonyl (C=O) groups is 1. The molecule has 0 saturated carbocycles. The molecule has 6 nitrogen and oxygen atoms in total. The molecule has 5 aromatic rings. The molecular formula is C28H23F3N4O2. The largest absolute Gasteiger partial charge is 0.497 e. The summed E-state index contributed by atoms with van der Waals surface area (Å²) in [5.74, 6) is 0.474. The number of carbonyl (C=O) groups excluding carboxylic acids is 1. The molecule has 188 valence electrons. The third kappa shape index (κ3) is 5.06. The molecule has 37 heavy (non-hydrogen) atoms. The number of para-hydroxylation sites is 1. The lowest BCUT2D eigenvalue weighted by molar-refractivity contribution is -0.140. The van der Waals surface area contributed by atoms with Crippen LogP contribution in [0.1, 0.15) is 17.0 Å². The molecule has 0 aliphatic carbocycles. The van der Waals surface area contributed by atoms with Crippen LogP contribution in [0, 0.1) is 6.92 Å². The number of H-pyrrole nitrogens is 1. The van der Waals surface area contributed by atoms with Crippen LogP contribution in [-0.2, 0) is 17.4 Å². The Kier molecular flexibility index (Phi) is 6.20. The van der Waals surface area contributed by atoms with Gasteiger partial charge in [-0.15, -0.1) is 0 Å². The standard InChI is InChI=1S/C28H23F3N4O2/c1-16-21(22-13-19(37-2)10-11-24(22)32-16)14-27(36)34-18-7-5-6-17(12-18)33-25-15-26(28(29,30)31)35-23-9-4-3-8-20(23)25/h3-13,15,32H,14H2,1-2H3,(H,33,35)(H,34,36). The maximum absolute atomic E-state index is 13.4. The molecule has 2 heterocycles.